The third kappa shape index (κ3) is 12.4. The van der Waals surface area contributed by atoms with Gasteiger partial charge in [-0.25, -0.2) is 0 Å². The van der Waals surface area contributed by atoms with Crippen LogP contribution in [0.5, 0.6) is 0 Å². The molecule has 0 amide bonds. The summed E-state index contributed by atoms with van der Waals surface area (Å²) in [5, 5.41) is 0.249. The Morgan fingerprint density at radius 2 is 0.984 bits per heavy atom. The lowest BCUT2D eigenvalue weighted by Gasteiger charge is -2.49. The predicted octanol–water partition coefficient (Wildman–Crippen LogP) is 5.80. The monoisotopic (exact) mass is 874 g/mol. The van der Waals surface area contributed by atoms with Gasteiger partial charge in [0.2, 0.25) is 0 Å². The summed E-state index contributed by atoms with van der Waals surface area (Å²) in [6, 6.07) is 36.7. The fourth-order valence-electron chi connectivity index (χ4n) is 7.23. The van der Waals surface area contributed by atoms with Crippen LogP contribution in [0.25, 0.3) is 0 Å². The number of ether oxygens (including phenoxy) is 9. The van der Waals surface area contributed by atoms with Crippen molar-refractivity contribution in [2.45, 2.75) is 102 Å². The second kappa shape index (κ2) is 22.2. The first-order valence-corrected chi connectivity index (χ1v) is 21.8. The zero-order valence-corrected chi connectivity index (χ0v) is 35.7. The van der Waals surface area contributed by atoms with Gasteiger partial charge >= 0.3 is 23.9 Å². The summed E-state index contributed by atoms with van der Waals surface area (Å²) in [4.78, 5) is 50.0. The molecule has 6 rings (SSSR count). The summed E-state index contributed by atoms with van der Waals surface area (Å²) in [5.74, 6) is -4.75. The second-order valence-electron chi connectivity index (χ2n) is 14.7. The number of hydrogen-bond acceptors (Lipinski definition) is 15. The van der Waals surface area contributed by atoms with Gasteiger partial charge in [-0.2, -0.15) is 0 Å². The Balaban J connectivity index is 1.47. The van der Waals surface area contributed by atoms with E-state index in [1.807, 2.05) is 91.0 Å². The summed E-state index contributed by atoms with van der Waals surface area (Å²) in [6.07, 6.45) is -11.0. The van der Waals surface area contributed by atoms with E-state index in [0.717, 1.165) is 37.5 Å². The molecular formula is C46H51O15P. The van der Waals surface area contributed by atoms with E-state index in [4.69, 9.17) is 47.2 Å². The van der Waals surface area contributed by atoms with E-state index in [0.29, 0.717) is 0 Å². The summed E-state index contributed by atoms with van der Waals surface area (Å²) >= 11 is 0. The third-order valence-electron chi connectivity index (χ3n) is 9.90. The minimum atomic E-state index is -4.32. The Hall–Kier alpha value is -5.25. The molecule has 62 heavy (non-hydrogen) atoms. The van der Waals surface area contributed by atoms with Gasteiger partial charge in [-0.05, 0) is 28.8 Å². The van der Waals surface area contributed by atoms with Gasteiger partial charge in [0, 0.05) is 33.0 Å². The minimum absolute atomic E-state index is 0.00151. The number of esters is 4. The lowest BCUT2D eigenvalue weighted by molar-refractivity contribution is -0.322. The van der Waals surface area contributed by atoms with Crippen molar-refractivity contribution in [1.29, 1.82) is 0 Å². The molecule has 0 aliphatic carbocycles. The summed E-state index contributed by atoms with van der Waals surface area (Å²) < 4.78 is 78.1. The Kier molecular flexibility index (Phi) is 16.6. The van der Waals surface area contributed by atoms with Crippen LogP contribution in [0, 0.1) is 0 Å². The summed E-state index contributed by atoms with van der Waals surface area (Å²) in [6.45, 7) is 4.23. The van der Waals surface area contributed by atoms with Crippen molar-refractivity contribution in [1.82, 2.24) is 0 Å². The lowest BCUT2D eigenvalue weighted by atomic mass is 9.98. The van der Waals surface area contributed by atoms with E-state index in [2.05, 4.69) is 0 Å². The molecule has 16 heteroatoms. The molecule has 4 aromatic rings. The van der Waals surface area contributed by atoms with Gasteiger partial charge in [-0.1, -0.05) is 109 Å². The summed E-state index contributed by atoms with van der Waals surface area (Å²) in [7, 11) is -4.32. The molecule has 2 aliphatic rings. The molecule has 2 fully saturated rings. The highest BCUT2D eigenvalue weighted by Crippen LogP contribution is 2.59. The van der Waals surface area contributed by atoms with Crippen molar-refractivity contribution >= 4 is 36.6 Å². The van der Waals surface area contributed by atoms with Crippen molar-refractivity contribution < 1.29 is 70.9 Å². The van der Waals surface area contributed by atoms with Crippen LogP contribution in [0.4, 0.5) is 0 Å². The van der Waals surface area contributed by atoms with Gasteiger partial charge in [-0.15, -0.1) is 0 Å². The topological polar surface area (TPSA) is 178 Å². The predicted molar refractivity (Wildman–Crippen MR) is 222 cm³/mol. The fourth-order valence-corrected chi connectivity index (χ4v) is 9.86. The van der Waals surface area contributed by atoms with Gasteiger partial charge in [0.25, 0.3) is 7.37 Å². The van der Waals surface area contributed by atoms with Crippen LogP contribution in [-0.4, -0.2) is 92.0 Å². The maximum Gasteiger partial charge on any atom is 0.303 e. The molecule has 15 nitrogen and oxygen atoms in total. The second-order valence-corrected chi connectivity index (χ2v) is 17.1. The molecule has 4 aromatic carbocycles. The van der Waals surface area contributed by atoms with Gasteiger partial charge in [0.15, 0.2) is 30.4 Å². The van der Waals surface area contributed by atoms with E-state index < -0.39 is 92.7 Å². The number of hydrogen-bond donors (Lipinski definition) is 0. The highest BCUT2D eigenvalue weighted by atomic mass is 31.2. The van der Waals surface area contributed by atoms with E-state index in [1.165, 1.54) is 6.92 Å². The van der Waals surface area contributed by atoms with Crippen LogP contribution in [0.15, 0.2) is 121 Å². The number of benzene rings is 4. The van der Waals surface area contributed by atoms with Crippen molar-refractivity contribution in [2.75, 3.05) is 13.2 Å². The molecule has 2 heterocycles. The van der Waals surface area contributed by atoms with E-state index >= 15 is 4.57 Å². The van der Waals surface area contributed by atoms with Crippen LogP contribution in [0.1, 0.15) is 44.4 Å². The molecule has 0 radical (unpaired) electrons. The Bertz CT molecular complexity index is 2110. The Morgan fingerprint density at radius 1 is 0.516 bits per heavy atom. The zero-order valence-electron chi connectivity index (χ0n) is 34.8. The van der Waals surface area contributed by atoms with Crippen LogP contribution in [-0.2, 0) is 90.7 Å². The van der Waals surface area contributed by atoms with E-state index in [1.54, 1.807) is 30.3 Å². The molecule has 0 spiro atoms. The smallest absolute Gasteiger partial charge is 0.303 e. The maximum atomic E-state index is 16.1. The molecule has 2 aliphatic heterocycles. The van der Waals surface area contributed by atoms with E-state index in [9.17, 15) is 19.2 Å². The molecule has 2 saturated heterocycles. The average Bonchev–Trinajstić information content (AvgIpc) is 3.25. The standard InChI is InChI=1S/C46H51O15P/c1-30(47)53-29-38-41(56-31(2)48)42(57-32(3)49)43(58-33(4)50)45(59-38)60-46-44(55-27-36-21-13-7-14-22-36)40(54-26-35-19-11-6-12-20-35)39(28-52-25-34-17-9-5-10-18-34)61-62(46,51)37-23-15-8-16-24-37/h5-24,38-46H,25-29H2,1-4H3/t38-,39-,40-,41-,42+,43-,44+,45+,46+,62+/m1/s1. The van der Waals surface area contributed by atoms with Crippen molar-refractivity contribution in [3.8, 4) is 0 Å². The molecule has 10 atom stereocenters. The van der Waals surface area contributed by atoms with Gasteiger partial charge in [0.05, 0.1) is 26.4 Å². The van der Waals surface area contributed by atoms with Crippen LogP contribution in [0.2, 0.25) is 0 Å². The Morgan fingerprint density at radius 3 is 1.50 bits per heavy atom. The normalized spacial score (nSPS) is 27.1. The molecule has 0 bridgehead atoms. The Labute approximate surface area is 360 Å². The first-order valence-electron chi connectivity index (χ1n) is 20.1. The SMILES string of the molecule is CC(=O)OC[C@H]1O[C@@H](O[C@@H]2[C@@H](OCc3ccccc3)[C@H](OCc3ccccc3)[C@@H](COCc3ccccc3)O[P@@]2(=O)c2ccccc2)[C@H](OC(C)=O)[C@@H](OC(C)=O)[C@@H]1OC(C)=O. The molecule has 0 saturated carbocycles. The third-order valence-corrected chi connectivity index (χ3v) is 12.6. The van der Waals surface area contributed by atoms with Crippen molar-refractivity contribution in [3.63, 3.8) is 0 Å². The first-order chi connectivity index (χ1) is 29.9. The van der Waals surface area contributed by atoms with Gasteiger partial charge < -0.3 is 47.2 Å². The first kappa shape index (κ1) is 46.3. The highest BCUT2D eigenvalue weighted by molar-refractivity contribution is 7.67. The van der Waals surface area contributed by atoms with Crippen LogP contribution >= 0.6 is 7.37 Å². The molecule has 0 unspecified atom stereocenters. The number of rotatable bonds is 18. The average molecular weight is 875 g/mol. The van der Waals surface area contributed by atoms with Crippen LogP contribution in [0.3, 0.4) is 0 Å². The molecular weight excluding hydrogens is 823 g/mol. The van der Waals surface area contributed by atoms with Gasteiger partial charge in [0.1, 0.15) is 31.0 Å². The largest absolute Gasteiger partial charge is 0.463 e. The molecule has 0 aromatic heterocycles. The maximum absolute atomic E-state index is 16.1. The highest BCUT2D eigenvalue weighted by Gasteiger charge is 2.60. The van der Waals surface area contributed by atoms with Crippen molar-refractivity contribution in [3.05, 3.63) is 138 Å². The fraction of sp³-hybridized carbons (Fsp3) is 0.391. The van der Waals surface area contributed by atoms with Crippen LogP contribution < -0.4 is 5.30 Å². The molecule has 0 N–H and O–H groups in total. The number of carbonyl (C=O) groups is 4. The summed E-state index contributed by atoms with van der Waals surface area (Å²) in [5.41, 5.74) is 2.50. The number of carbonyl (C=O) groups excluding carboxylic acids is 4. The zero-order chi connectivity index (χ0) is 44.1. The lowest BCUT2D eigenvalue weighted by Crippen LogP contribution is -2.65. The van der Waals surface area contributed by atoms with Gasteiger partial charge in [-0.3, -0.25) is 23.7 Å². The molecule has 330 valence electrons. The minimum Gasteiger partial charge on any atom is -0.463 e. The van der Waals surface area contributed by atoms with E-state index in [-0.39, 0.29) is 31.7 Å². The van der Waals surface area contributed by atoms with Crippen molar-refractivity contribution in [2.24, 2.45) is 0 Å². The quantitative estimate of drug-likeness (QED) is 0.0665.